The molecule has 1 aliphatic carbocycles. The van der Waals surface area contributed by atoms with Crippen molar-refractivity contribution in [3.05, 3.63) is 81.1 Å². The first-order chi connectivity index (χ1) is 22.5. The van der Waals surface area contributed by atoms with Crippen molar-refractivity contribution >= 4 is 34.9 Å². The molecule has 47 heavy (non-hydrogen) atoms. The Morgan fingerprint density at radius 3 is 2.43 bits per heavy atom. The second-order valence-electron chi connectivity index (χ2n) is 11.2. The lowest BCUT2D eigenvalue weighted by molar-refractivity contribution is -0.377. The number of rotatable bonds is 14. The van der Waals surface area contributed by atoms with Gasteiger partial charge < -0.3 is 24.3 Å². The van der Waals surface area contributed by atoms with Crippen molar-refractivity contribution in [1.82, 2.24) is 4.90 Å². The number of carbonyl (C=O) groups is 1. The van der Waals surface area contributed by atoms with Gasteiger partial charge in [0.25, 0.3) is 0 Å². The molecule has 2 fully saturated rings. The van der Waals surface area contributed by atoms with Crippen LogP contribution >= 0.6 is 23.2 Å². The number of anilines is 1. The fourth-order valence-corrected chi connectivity index (χ4v) is 5.59. The number of morpholine rings is 1. The lowest BCUT2D eigenvalue weighted by atomic mass is 10.0. The molecule has 2 heterocycles. The van der Waals surface area contributed by atoms with E-state index >= 15 is 0 Å². The number of alkyl halides is 5. The van der Waals surface area contributed by atoms with Crippen LogP contribution in [0.4, 0.5) is 27.6 Å². The molecule has 0 radical (unpaired) electrons. The number of halogens is 7. The van der Waals surface area contributed by atoms with Gasteiger partial charge >= 0.3 is 18.8 Å². The predicted molar refractivity (Wildman–Crippen MR) is 163 cm³/mol. The van der Waals surface area contributed by atoms with Crippen LogP contribution in [0.5, 0.6) is 11.5 Å². The highest BCUT2D eigenvalue weighted by Crippen LogP contribution is 2.39. The number of hydrogen-bond acceptors (Lipinski definition) is 7. The van der Waals surface area contributed by atoms with Crippen LogP contribution in [0, 0.1) is 5.92 Å². The average molecular weight is 706 g/mol. The molecular weight excluding hydrogens is 672 g/mol. The van der Waals surface area contributed by atoms with Crippen molar-refractivity contribution in [1.29, 1.82) is 0 Å². The number of nitrogens with zero attached hydrogens (tertiary/aromatic N) is 1. The van der Waals surface area contributed by atoms with E-state index in [0.29, 0.717) is 37.6 Å². The topological polar surface area (TPSA) is 83.4 Å². The average Bonchev–Trinajstić information content (AvgIpc) is 3.86. The summed E-state index contributed by atoms with van der Waals surface area (Å²) in [6.45, 7) is 0.843. The number of pyridine rings is 1. The Hall–Kier alpha value is -3.39. The molecule has 8 nitrogen and oxygen atoms in total. The first-order valence-electron chi connectivity index (χ1n) is 15.0. The number of hydrogen-bond donors (Lipinski definition) is 1. The fraction of sp³-hybridized carbons (Fsp3) is 0.438. The summed E-state index contributed by atoms with van der Waals surface area (Å²) in [5.74, 6) is -1.27. The Kier molecular flexibility index (Phi) is 11.6. The fourth-order valence-electron chi connectivity index (χ4n) is 5.05. The van der Waals surface area contributed by atoms with Crippen LogP contribution in [0.1, 0.15) is 46.0 Å². The zero-order valence-corrected chi connectivity index (χ0v) is 26.6. The summed E-state index contributed by atoms with van der Waals surface area (Å²) in [6.07, 6.45) is -1.55. The van der Waals surface area contributed by atoms with Crippen molar-refractivity contribution in [3.63, 3.8) is 0 Å². The molecule has 2 aliphatic rings. The second kappa shape index (κ2) is 15.7. The molecule has 0 amide bonds. The first kappa shape index (κ1) is 34.9. The molecule has 15 heteroatoms. The molecule has 1 aliphatic heterocycles. The van der Waals surface area contributed by atoms with Gasteiger partial charge in [0, 0.05) is 43.9 Å². The van der Waals surface area contributed by atoms with Crippen molar-refractivity contribution in [3.8, 4) is 11.5 Å². The van der Waals surface area contributed by atoms with E-state index in [0.717, 1.165) is 38.1 Å². The van der Waals surface area contributed by atoms with Gasteiger partial charge in [-0.1, -0.05) is 29.3 Å². The first-order valence-corrected chi connectivity index (χ1v) is 15.7. The quantitative estimate of drug-likeness (QED) is 0.142. The van der Waals surface area contributed by atoms with Crippen molar-refractivity contribution in [2.24, 2.45) is 5.92 Å². The number of carbonyl (C=O) groups excluding carboxylic acids is 1. The standard InChI is InChI=1S/C32H32Cl2F5N3O5/c33-25-16-40-17-26(34)23(25)15-28(20-3-6-27(47-31(35)36)29(13-20)45-18-19-1-2-19)46-30(43)22-14-21(4-5-24(22)32(37,38)39)41-7-8-42-9-11-44-12-10-42/h3-6,13-14,16-17,19,28,31,41H,1-2,7-12,15,18H2/p+1/t28-/m0/s1. The maximum atomic E-state index is 14.1. The van der Waals surface area contributed by atoms with E-state index < -0.39 is 36.0 Å². The van der Waals surface area contributed by atoms with Gasteiger partial charge in [0.05, 0.1) is 30.9 Å². The van der Waals surface area contributed by atoms with E-state index in [9.17, 15) is 26.7 Å². The molecule has 0 bridgehead atoms. The molecule has 3 aromatic rings. The monoisotopic (exact) mass is 704 g/mol. The summed E-state index contributed by atoms with van der Waals surface area (Å²) in [5, 5.41) is 3.44. The summed E-state index contributed by atoms with van der Waals surface area (Å²) in [5.41, 5.74) is -1.02. The largest absolute Gasteiger partial charge is 0.489 e. The molecule has 1 aromatic heterocycles. The van der Waals surface area contributed by atoms with Gasteiger partial charge in [-0.15, -0.1) is 0 Å². The Labute approximate surface area is 278 Å². The number of benzene rings is 2. The number of aromatic nitrogens is 1. The highest BCUT2D eigenvalue weighted by molar-refractivity contribution is 6.35. The highest BCUT2D eigenvalue weighted by Gasteiger charge is 2.37. The van der Waals surface area contributed by atoms with Gasteiger partial charge in [-0.25, -0.2) is 9.78 Å². The Bertz CT molecular complexity index is 1520. The van der Waals surface area contributed by atoms with Crippen molar-refractivity contribution in [2.45, 2.75) is 38.2 Å². The third-order valence-corrected chi connectivity index (χ3v) is 8.44. The minimum Gasteiger partial charge on any atom is -0.489 e. The summed E-state index contributed by atoms with van der Waals surface area (Å²) in [4.78, 5) is 18.6. The lowest BCUT2D eigenvalue weighted by Gasteiger charge is -2.26. The van der Waals surface area contributed by atoms with Crippen LogP contribution in [0.3, 0.4) is 0 Å². The van der Waals surface area contributed by atoms with E-state index in [2.05, 4.69) is 19.9 Å². The molecule has 0 spiro atoms. The van der Waals surface area contributed by atoms with Gasteiger partial charge in [0.1, 0.15) is 16.1 Å². The third kappa shape index (κ3) is 9.82. The van der Waals surface area contributed by atoms with Gasteiger partial charge in [0.15, 0.2) is 23.9 Å². The minimum atomic E-state index is -4.86. The Morgan fingerprint density at radius 1 is 1.04 bits per heavy atom. The molecule has 1 atom stereocenters. The molecule has 1 saturated heterocycles. The van der Waals surface area contributed by atoms with Crippen LogP contribution in [0.15, 0.2) is 48.8 Å². The van der Waals surface area contributed by atoms with Crippen molar-refractivity contribution < 1.29 is 50.7 Å². The molecule has 2 aromatic carbocycles. The third-order valence-electron chi connectivity index (χ3n) is 7.77. The van der Waals surface area contributed by atoms with Crippen molar-refractivity contribution in [2.75, 3.05) is 51.3 Å². The molecule has 5 rings (SSSR count). The van der Waals surface area contributed by atoms with Gasteiger partial charge in [-0.05, 0) is 54.7 Å². The van der Waals surface area contributed by atoms with E-state index in [1.807, 2.05) is 0 Å². The summed E-state index contributed by atoms with van der Waals surface area (Å²) < 4.78 is 90.2. The van der Waals surface area contributed by atoms with E-state index in [-0.39, 0.29) is 46.1 Å². The zero-order valence-electron chi connectivity index (χ0n) is 25.1. The van der Waals surface area contributed by atoms with Gasteiger partial charge in [-0.2, -0.15) is 22.0 Å². The van der Waals surface area contributed by atoms with Crippen LogP contribution in [0.25, 0.3) is 0 Å². The number of nitrogens with one attached hydrogen (secondary N) is 2. The SMILES string of the molecule is O=C(O[C@@H](Cc1c(Cl)c[nH+]cc1Cl)c1ccc(OC(F)F)c(OCC2CC2)c1)c1cc(NCCN2CCOCC2)ccc1C(F)(F)F. The van der Waals surface area contributed by atoms with E-state index in [4.69, 9.17) is 37.4 Å². The van der Waals surface area contributed by atoms with E-state index in [1.165, 1.54) is 36.7 Å². The summed E-state index contributed by atoms with van der Waals surface area (Å²) in [7, 11) is 0. The minimum absolute atomic E-state index is 0.0308. The number of H-pyrrole nitrogens is 1. The van der Waals surface area contributed by atoms with Crippen LogP contribution in [-0.4, -0.2) is 63.5 Å². The molecular formula is C32H33Cl2F5N3O5+. The second-order valence-corrected chi connectivity index (χ2v) is 12.0. The maximum Gasteiger partial charge on any atom is 0.417 e. The smallest absolute Gasteiger partial charge is 0.417 e. The number of aromatic amines is 1. The number of ether oxygens (including phenoxy) is 4. The Morgan fingerprint density at radius 2 is 1.77 bits per heavy atom. The number of esters is 1. The molecule has 0 unspecified atom stereocenters. The van der Waals surface area contributed by atoms with Crippen LogP contribution in [0.2, 0.25) is 10.0 Å². The van der Waals surface area contributed by atoms with Gasteiger partial charge in [-0.3, -0.25) is 4.90 Å². The lowest BCUT2D eigenvalue weighted by Crippen LogP contribution is -2.39. The molecule has 254 valence electrons. The zero-order chi connectivity index (χ0) is 33.6. The van der Waals surface area contributed by atoms with Crippen LogP contribution < -0.4 is 19.8 Å². The Balaban J connectivity index is 1.45. The predicted octanol–water partition coefficient (Wildman–Crippen LogP) is 7.10. The van der Waals surface area contributed by atoms with E-state index in [1.54, 1.807) is 0 Å². The summed E-state index contributed by atoms with van der Waals surface area (Å²) >= 11 is 12.8. The molecule has 1 saturated carbocycles. The highest BCUT2D eigenvalue weighted by atomic mass is 35.5. The normalized spacial score (nSPS) is 16.2. The molecule has 2 N–H and O–H groups in total. The maximum absolute atomic E-state index is 14.1. The summed E-state index contributed by atoms with van der Waals surface area (Å²) in [6, 6.07) is 7.13. The van der Waals surface area contributed by atoms with Gasteiger partial charge in [0.2, 0.25) is 0 Å². The van der Waals surface area contributed by atoms with Crippen LogP contribution in [-0.2, 0) is 22.1 Å².